The van der Waals surface area contributed by atoms with Crippen molar-refractivity contribution in [2.75, 3.05) is 17.2 Å². The van der Waals surface area contributed by atoms with Gasteiger partial charge < -0.3 is 15.7 Å². The van der Waals surface area contributed by atoms with Gasteiger partial charge in [-0.25, -0.2) is 4.98 Å². The number of aromatic nitrogens is 3. The molecule has 0 aliphatic carbocycles. The van der Waals surface area contributed by atoms with E-state index in [1.54, 1.807) is 30.6 Å². The molecule has 0 aliphatic rings. The molecule has 0 saturated carbocycles. The third-order valence-corrected chi connectivity index (χ3v) is 5.23. The van der Waals surface area contributed by atoms with E-state index in [-0.39, 0.29) is 29.0 Å². The second-order valence-corrected chi connectivity index (χ2v) is 8.05. The summed E-state index contributed by atoms with van der Waals surface area (Å²) in [6.45, 7) is 3.81. The molecule has 0 spiro atoms. The van der Waals surface area contributed by atoms with Gasteiger partial charge in [0.1, 0.15) is 5.82 Å². The average Bonchev–Trinajstić information content (AvgIpc) is 2.73. The number of aliphatic hydroxyl groups excluding tert-OH is 1. The van der Waals surface area contributed by atoms with Gasteiger partial charge in [-0.3, -0.25) is 4.98 Å². The van der Waals surface area contributed by atoms with Crippen LogP contribution >= 0.6 is 15.9 Å². The molecule has 0 amide bonds. The van der Waals surface area contributed by atoms with Gasteiger partial charge in [0.05, 0.1) is 29.6 Å². The van der Waals surface area contributed by atoms with Gasteiger partial charge in [-0.15, -0.1) is 0 Å². The van der Waals surface area contributed by atoms with E-state index >= 15 is 0 Å². The van der Waals surface area contributed by atoms with E-state index in [2.05, 4.69) is 41.5 Å². The second kappa shape index (κ2) is 9.61. The highest BCUT2D eigenvalue weighted by Crippen LogP contribution is 2.35. The van der Waals surface area contributed by atoms with Crippen LogP contribution < -0.4 is 10.6 Å². The van der Waals surface area contributed by atoms with E-state index in [0.717, 1.165) is 17.7 Å². The number of hydrogen-bond acceptors (Lipinski definition) is 6. The van der Waals surface area contributed by atoms with E-state index in [4.69, 9.17) is 0 Å². The molecule has 0 radical (unpaired) electrons. The van der Waals surface area contributed by atoms with Crippen molar-refractivity contribution < 1.29 is 18.3 Å². The predicted molar refractivity (Wildman–Crippen MR) is 117 cm³/mol. The maximum atomic E-state index is 12.9. The monoisotopic (exact) mass is 495 g/mol. The number of nitrogens with zero attached hydrogens (tertiary/aromatic N) is 3. The quantitative estimate of drug-likeness (QED) is 0.401. The van der Waals surface area contributed by atoms with Crippen molar-refractivity contribution in [3.8, 4) is 11.3 Å². The smallest absolute Gasteiger partial charge is 0.394 e. The highest BCUT2D eigenvalue weighted by molar-refractivity contribution is 9.10. The van der Waals surface area contributed by atoms with Gasteiger partial charge in [0, 0.05) is 28.5 Å². The Morgan fingerprint density at radius 2 is 1.77 bits per heavy atom. The third-order valence-electron chi connectivity index (χ3n) is 4.58. The maximum absolute atomic E-state index is 12.9. The van der Waals surface area contributed by atoms with Gasteiger partial charge in [0.25, 0.3) is 0 Å². The first-order chi connectivity index (χ1) is 14.7. The Balaban J connectivity index is 1.98. The Labute approximate surface area is 186 Å². The third kappa shape index (κ3) is 5.92. The second-order valence-electron chi connectivity index (χ2n) is 7.19. The summed E-state index contributed by atoms with van der Waals surface area (Å²) in [6.07, 6.45) is -1.17. The van der Waals surface area contributed by atoms with Crippen LogP contribution in [0.15, 0.2) is 53.3 Å². The minimum atomic E-state index is -4.43. The molecule has 10 heteroatoms. The zero-order chi connectivity index (χ0) is 22.6. The lowest BCUT2D eigenvalue weighted by Crippen LogP contribution is -2.30. The summed E-state index contributed by atoms with van der Waals surface area (Å²) in [4.78, 5) is 13.0. The first kappa shape index (κ1) is 23.0. The Bertz CT molecular complexity index is 1030. The minimum Gasteiger partial charge on any atom is -0.394 e. The van der Waals surface area contributed by atoms with Crippen molar-refractivity contribution in [1.29, 1.82) is 0 Å². The van der Waals surface area contributed by atoms with Crippen LogP contribution in [-0.4, -0.2) is 32.7 Å². The summed E-state index contributed by atoms with van der Waals surface area (Å²) in [7, 11) is 0. The standard InChI is InChI=1S/C21H21BrF3N5O/c1-12(2)18(11-31)29-20-28-17(13-5-7-26-8-6-13)10-19(30-20)27-16-4-3-14(9-15(16)22)21(23,24)25/h3-10,12,18,31H,11H2,1-2H3,(H2,27,28,29,30)/t18-/m0/s1. The number of aliphatic hydroxyl groups is 1. The van der Waals surface area contributed by atoms with Gasteiger partial charge in [-0.1, -0.05) is 13.8 Å². The van der Waals surface area contributed by atoms with E-state index in [0.29, 0.717) is 17.2 Å². The number of benzene rings is 1. The molecule has 164 valence electrons. The first-order valence-electron chi connectivity index (χ1n) is 9.48. The van der Waals surface area contributed by atoms with Crippen LogP contribution in [-0.2, 0) is 6.18 Å². The predicted octanol–water partition coefficient (Wildman–Crippen LogP) is 5.49. The van der Waals surface area contributed by atoms with Gasteiger partial charge in [-0.2, -0.15) is 18.2 Å². The van der Waals surface area contributed by atoms with Crippen LogP contribution in [0.4, 0.5) is 30.6 Å². The van der Waals surface area contributed by atoms with Crippen LogP contribution in [0.1, 0.15) is 19.4 Å². The van der Waals surface area contributed by atoms with Crippen LogP contribution in [0.3, 0.4) is 0 Å². The van der Waals surface area contributed by atoms with Crippen molar-refractivity contribution in [2.45, 2.75) is 26.1 Å². The Kier molecular flexibility index (Phi) is 7.11. The van der Waals surface area contributed by atoms with Gasteiger partial charge in [0.2, 0.25) is 5.95 Å². The fourth-order valence-electron chi connectivity index (χ4n) is 2.77. The molecule has 3 rings (SSSR count). The molecule has 0 fully saturated rings. The molecule has 1 aromatic carbocycles. The summed E-state index contributed by atoms with van der Waals surface area (Å²) in [5.41, 5.74) is 1.04. The normalized spacial score (nSPS) is 12.6. The largest absolute Gasteiger partial charge is 0.416 e. The number of hydrogen-bond donors (Lipinski definition) is 3. The number of rotatable bonds is 7. The van der Waals surface area contributed by atoms with Crippen LogP contribution in [0.2, 0.25) is 0 Å². The lowest BCUT2D eigenvalue weighted by molar-refractivity contribution is -0.137. The Hall–Kier alpha value is -2.72. The molecule has 3 N–H and O–H groups in total. The highest BCUT2D eigenvalue weighted by Gasteiger charge is 2.30. The molecule has 0 aliphatic heterocycles. The Morgan fingerprint density at radius 1 is 1.06 bits per heavy atom. The summed E-state index contributed by atoms with van der Waals surface area (Å²) in [5, 5.41) is 15.8. The molecule has 1 atom stereocenters. The molecule has 0 saturated heterocycles. The molecule has 31 heavy (non-hydrogen) atoms. The summed E-state index contributed by atoms with van der Waals surface area (Å²) in [5.74, 6) is 0.788. The first-order valence-corrected chi connectivity index (χ1v) is 10.3. The lowest BCUT2D eigenvalue weighted by Gasteiger charge is -2.21. The molecule has 2 aromatic heterocycles. The van der Waals surface area contributed by atoms with Gasteiger partial charge in [0.15, 0.2) is 0 Å². The maximum Gasteiger partial charge on any atom is 0.416 e. The van der Waals surface area contributed by atoms with E-state index in [1.165, 1.54) is 6.07 Å². The SMILES string of the molecule is CC(C)[C@H](CO)Nc1nc(Nc2ccc(C(F)(F)F)cc2Br)cc(-c2ccncc2)n1. The summed E-state index contributed by atoms with van der Waals surface area (Å²) >= 11 is 3.19. The molecule has 3 aromatic rings. The van der Waals surface area contributed by atoms with E-state index in [1.807, 2.05) is 13.8 Å². The number of pyridine rings is 1. The van der Waals surface area contributed by atoms with Crippen molar-refractivity contribution in [3.05, 3.63) is 58.8 Å². The molecular weight excluding hydrogens is 475 g/mol. The van der Waals surface area contributed by atoms with Crippen LogP contribution in [0, 0.1) is 5.92 Å². The van der Waals surface area contributed by atoms with Crippen molar-refractivity contribution in [2.24, 2.45) is 5.92 Å². The van der Waals surface area contributed by atoms with E-state index in [9.17, 15) is 18.3 Å². The van der Waals surface area contributed by atoms with Crippen molar-refractivity contribution in [1.82, 2.24) is 15.0 Å². The molecule has 0 unspecified atom stereocenters. The van der Waals surface area contributed by atoms with Crippen LogP contribution in [0.25, 0.3) is 11.3 Å². The Morgan fingerprint density at radius 3 is 2.35 bits per heavy atom. The summed E-state index contributed by atoms with van der Waals surface area (Å²) in [6, 6.07) is 8.34. The highest BCUT2D eigenvalue weighted by atomic mass is 79.9. The van der Waals surface area contributed by atoms with Crippen molar-refractivity contribution in [3.63, 3.8) is 0 Å². The van der Waals surface area contributed by atoms with Crippen LogP contribution in [0.5, 0.6) is 0 Å². The topological polar surface area (TPSA) is 83.0 Å². The fourth-order valence-corrected chi connectivity index (χ4v) is 3.24. The number of anilines is 3. The number of nitrogens with one attached hydrogen (secondary N) is 2. The lowest BCUT2D eigenvalue weighted by atomic mass is 10.1. The molecular formula is C21H21BrF3N5O. The number of halogens is 4. The zero-order valence-corrected chi connectivity index (χ0v) is 18.4. The molecule has 2 heterocycles. The fraction of sp³-hybridized carbons (Fsp3) is 0.286. The van der Waals surface area contributed by atoms with Gasteiger partial charge in [-0.05, 0) is 52.2 Å². The minimum absolute atomic E-state index is 0.103. The van der Waals surface area contributed by atoms with Crippen molar-refractivity contribution >= 4 is 33.4 Å². The van der Waals surface area contributed by atoms with Gasteiger partial charge >= 0.3 is 6.18 Å². The number of alkyl halides is 3. The summed E-state index contributed by atoms with van der Waals surface area (Å²) < 4.78 is 39.1. The molecule has 6 nitrogen and oxygen atoms in total. The zero-order valence-electron chi connectivity index (χ0n) is 16.8. The molecule has 0 bridgehead atoms. The average molecular weight is 496 g/mol. The van der Waals surface area contributed by atoms with E-state index < -0.39 is 11.7 Å².